The van der Waals surface area contributed by atoms with Crippen molar-refractivity contribution in [3.63, 3.8) is 0 Å². The van der Waals surface area contributed by atoms with E-state index in [1.165, 1.54) is 5.56 Å². The summed E-state index contributed by atoms with van der Waals surface area (Å²) in [5.74, 6) is 0.0420. The number of amides is 1. The number of H-pyrrole nitrogens is 1. The highest BCUT2D eigenvalue weighted by molar-refractivity contribution is 7.07. The summed E-state index contributed by atoms with van der Waals surface area (Å²) in [4.78, 5) is 17.3. The number of nitrogens with two attached hydrogens (primary N) is 1. The molecule has 3 N–H and O–H groups in total. The van der Waals surface area contributed by atoms with Crippen LogP contribution in [0.25, 0.3) is 0 Å². The SMILES string of the molecule is Nc1c[nH]c(C(=O)N2CCCC2c2ccsc2)c1. The molecular weight excluding hydrogens is 246 g/mol. The molecule has 0 aliphatic carbocycles. The van der Waals surface area contributed by atoms with Gasteiger partial charge in [-0.15, -0.1) is 0 Å². The first-order valence-corrected chi connectivity index (χ1v) is 6.97. The largest absolute Gasteiger partial charge is 0.397 e. The number of hydrogen-bond donors (Lipinski definition) is 2. The Hall–Kier alpha value is -1.75. The molecule has 1 fully saturated rings. The number of nitrogens with zero attached hydrogens (tertiary/aromatic N) is 1. The Balaban J connectivity index is 1.85. The Kier molecular flexibility index (Phi) is 2.83. The summed E-state index contributed by atoms with van der Waals surface area (Å²) in [7, 11) is 0. The first-order chi connectivity index (χ1) is 8.75. The van der Waals surface area contributed by atoms with Gasteiger partial charge in [0.05, 0.1) is 6.04 Å². The third-order valence-corrected chi connectivity index (χ3v) is 4.08. The third kappa shape index (κ3) is 1.90. The van der Waals surface area contributed by atoms with Crippen molar-refractivity contribution in [3.8, 4) is 0 Å². The molecule has 3 heterocycles. The number of nitrogens with one attached hydrogen (secondary N) is 1. The van der Waals surface area contributed by atoms with Gasteiger partial charge in [-0.05, 0) is 41.3 Å². The highest BCUT2D eigenvalue weighted by Crippen LogP contribution is 2.34. The third-order valence-electron chi connectivity index (χ3n) is 3.38. The molecule has 0 radical (unpaired) electrons. The van der Waals surface area contributed by atoms with Crippen molar-refractivity contribution < 1.29 is 4.79 Å². The van der Waals surface area contributed by atoms with Crippen LogP contribution in [0.3, 0.4) is 0 Å². The molecule has 2 aromatic rings. The van der Waals surface area contributed by atoms with Crippen molar-refractivity contribution in [1.82, 2.24) is 9.88 Å². The molecule has 5 heteroatoms. The van der Waals surface area contributed by atoms with Gasteiger partial charge in [-0.3, -0.25) is 4.79 Å². The molecule has 1 aliphatic rings. The summed E-state index contributed by atoms with van der Waals surface area (Å²) in [6, 6.07) is 4.02. The normalized spacial score (nSPS) is 19.3. The van der Waals surface area contributed by atoms with Gasteiger partial charge in [-0.1, -0.05) is 0 Å². The van der Waals surface area contributed by atoms with Crippen LogP contribution in [-0.2, 0) is 0 Å². The Morgan fingerprint density at radius 3 is 3.11 bits per heavy atom. The van der Waals surface area contributed by atoms with E-state index in [1.807, 2.05) is 4.90 Å². The minimum atomic E-state index is 0.0420. The first-order valence-electron chi connectivity index (χ1n) is 6.02. The van der Waals surface area contributed by atoms with E-state index in [1.54, 1.807) is 23.6 Å². The molecule has 2 aromatic heterocycles. The number of aromatic nitrogens is 1. The molecule has 0 spiro atoms. The maximum Gasteiger partial charge on any atom is 0.270 e. The predicted molar refractivity (Wildman–Crippen MR) is 72.5 cm³/mol. The Morgan fingerprint density at radius 1 is 1.56 bits per heavy atom. The lowest BCUT2D eigenvalue weighted by Gasteiger charge is -2.23. The van der Waals surface area contributed by atoms with Crippen LogP contribution >= 0.6 is 11.3 Å². The van der Waals surface area contributed by atoms with Gasteiger partial charge < -0.3 is 15.6 Å². The van der Waals surface area contributed by atoms with Crippen molar-refractivity contribution in [3.05, 3.63) is 40.3 Å². The van der Waals surface area contributed by atoms with E-state index in [0.29, 0.717) is 11.4 Å². The Morgan fingerprint density at radius 2 is 2.44 bits per heavy atom. The summed E-state index contributed by atoms with van der Waals surface area (Å²) in [6.07, 6.45) is 3.75. The molecule has 94 valence electrons. The van der Waals surface area contributed by atoms with Crippen LogP contribution < -0.4 is 5.73 Å². The second-order valence-electron chi connectivity index (χ2n) is 4.56. The van der Waals surface area contributed by atoms with E-state index in [9.17, 15) is 4.79 Å². The van der Waals surface area contributed by atoms with Gasteiger partial charge >= 0.3 is 0 Å². The highest BCUT2D eigenvalue weighted by atomic mass is 32.1. The molecule has 1 saturated heterocycles. The fraction of sp³-hybridized carbons (Fsp3) is 0.308. The molecule has 0 bridgehead atoms. The van der Waals surface area contributed by atoms with Crippen LogP contribution in [0.1, 0.15) is 34.9 Å². The van der Waals surface area contributed by atoms with E-state index >= 15 is 0 Å². The molecule has 1 atom stereocenters. The summed E-state index contributed by atoms with van der Waals surface area (Å²) in [5, 5.41) is 4.18. The molecule has 1 aliphatic heterocycles. The van der Waals surface area contributed by atoms with E-state index in [-0.39, 0.29) is 11.9 Å². The molecule has 3 rings (SSSR count). The molecule has 0 aromatic carbocycles. The Labute approximate surface area is 109 Å². The predicted octanol–water partition coefficient (Wildman–Crippen LogP) is 2.64. The maximum absolute atomic E-state index is 12.4. The number of likely N-dealkylation sites (tertiary alicyclic amines) is 1. The number of carbonyl (C=O) groups excluding carboxylic acids is 1. The number of thiophene rings is 1. The van der Waals surface area contributed by atoms with E-state index in [2.05, 4.69) is 21.8 Å². The number of aromatic amines is 1. The van der Waals surface area contributed by atoms with Gasteiger partial charge in [0.15, 0.2) is 0 Å². The van der Waals surface area contributed by atoms with Crippen molar-refractivity contribution in [2.45, 2.75) is 18.9 Å². The maximum atomic E-state index is 12.4. The second kappa shape index (κ2) is 4.49. The van der Waals surface area contributed by atoms with E-state index in [4.69, 9.17) is 5.73 Å². The quantitative estimate of drug-likeness (QED) is 0.873. The zero-order valence-electron chi connectivity index (χ0n) is 9.93. The topological polar surface area (TPSA) is 62.1 Å². The van der Waals surface area contributed by atoms with Gasteiger partial charge in [0.2, 0.25) is 0 Å². The van der Waals surface area contributed by atoms with Gasteiger partial charge in [0.25, 0.3) is 5.91 Å². The number of hydrogen-bond acceptors (Lipinski definition) is 3. The zero-order chi connectivity index (χ0) is 12.5. The van der Waals surface area contributed by atoms with Crippen molar-refractivity contribution in [1.29, 1.82) is 0 Å². The standard InChI is InChI=1S/C13H15N3OS/c14-10-6-11(15-7-10)13(17)16-4-1-2-12(16)9-3-5-18-8-9/h3,5-8,12,15H,1-2,4,14H2. The number of nitrogen functional groups attached to an aromatic ring is 1. The monoisotopic (exact) mass is 261 g/mol. The van der Waals surface area contributed by atoms with Crippen LogP contribution in [0.4, 0.5) is 5.69 Å². The minimum absolute atomic E-state index is 0.0420. The fourth-order valence-electron chi connectivity index (χ4n) is 2.51. The fourth-order valence-corrected chi connectivity index (χ4v) is 3.22. The van der Waals surface area contributed by atoms with Crippen LogP contribution in [0.2, 0.25) is 0 Å². The van der Waals surface area contributed by atoms with Gasteiger partial charge in [-0.25, -0.2) is 0 Å². The number of anilines is 1. The van der Waals surface area contributed by atoms with Crippen molar-refractivity contribution in [2.75, 3.05) is 12.3 Å². The smallest absolute Gasteiger partial charge is 0.270 e. The first kappa shape index (κ1) is 11.3. The summed E-state index contributed by atoms with van der Waals surface area (Å²) < 4.78 is 0. The summed E-state index contributed by atoms with van der Waals surface area (Å²) in [6.45, 7) is 0.818. The highest BCUT2D eigenvalue weighted by Gasteiger charge is 2.31. The number of rotatable bonds is 2. The zero-order valence-corrected chi connectivity index (χ0v) is 10.7. The summed E-state index contributed by atoms with van der Waals surface area (Å²) in [5.41, 5.74) is 8.06. The molecular formula is C13H15N3OS. The van der Waals surface area contributed by atoms with Crippen LogP contribution in [0.5, 0.6) is 0 Å². The van der Waals surface area contributed by atoms with Gasteiger partial charge in [-0.2, -0.15) is 11.3 Å². The van der Waals surface area contributed by atoms with E-state index < -0.39 is 0 Å². The second-order valence-corrected chi connectivity index (χ2v) is 5.34. The van der Waals surface area contributed by atoms with Crippen molar-refractivity contribution >= 4 is 22.9 Å². The molecule has 1 amide bonds. The Bertz CT molecular complexity index is 546. The lowest BCUT2D eigenvalue weighted by molar-refractivity contribution is 0.0730. The molecule has 18 heavy (non-hydrogen) atoms. The van der Waals surface area contributed by atoms with Crippen LogP contribution in [0, 0.1) is 0 Å². The summed E-state index contributed by atoms with van der Waals surface area (Å²) >= 11 is 1.67. The van der Waals surface area contributed by atoms with Crippen molar-refractivity contribution in [2.24, 2.45) is 0 Å². The minimum Gasteiger partial charge on any atom is -0.397 e. The molecule has 1 unspecified atom stereocenters. The molecule has 0 saturated carbocycles. The lowest BCUT2D eigenvalue weighted by atomic mass is 10.1. The average molecular weight is 261 g/mol. The van der Waals surface area contributed by atoms with Crippen LogP contribution in [0.15, 0.2) is 29.1 Å². The average Bonchev–Trinajstić information content (AvgIpc) is 3.08. The van der Waals surface area contributed by atoms with Crippen LogP contribution in [-0.4, -0.2) is 22.3 Å². The number of carbonyl (C=O) groups is 1. The van der Waals surface area contributed by atoms with E-state index in [0.717, 1.165) is 19.4 Å². The molecule has 4 nitrogen and oxygen atoms in total. The van der Waals surface area contributed by atoms with Gasteiger partial charge in [0.1, 0.15) is 5.69 Å². The lowest BCUT2D eigenvalue weighted by Crippen LogP contribution is -2.30. The van der Waals surface area contributed by atoms with Gasteiger partial charge in [0, 0.05) is 18.4 Å².